The molecule has 2 rings (SSSR count). The predicted molar refractivity (Wildman–Crippen MR) is 75.9 cm³/mol. The van der Waals surface area contributed by atoms with Crippen LogP contribution in [0.15, 0.2) is 24.3 Å². The highest BCUT2D eigenvalue weighted by molar-refractivity contribution is 7.18. The van der Waals surface area contributed by atoms with Crippen molar-refractivity contribution in [3.63, 3.8) is 0 Å². The van der Waals surface area contributed by atoms with Gasteiger partial charge in [-0.25, -0.2) is 4.98 Å². The predicted octanol–water partition coefficient (Wildman–Crippen LogP) is 4.68. The third-order valence-electron chi connectivity index (χ3n) is 3.02. The van der Waals surface area contributed by atoms with Crippen LogP contribution in [-0.2, 0) is 0 Å². The van der Waals surface area contributed by atoms with Crippen molar-refractivity contribution in [2.45, 2.75) is 38.4 Å². The number of benzene rings is 1. The molecule has 0 fully saturated rings. The summed E-state index contributed by atoms with van der Waals surface area (Å²) in [5, 5.41) is 4.20. The number of aromatic nitrogens is 1. The summed E-state index contributed by atoms with van der Waals surface area (Å²) in [6, 6.07) is 7.97. The van der Waals surface area contributed by atoms with Gasteiger partial charge in [0.25, 0.3) is 0 Å². The minimum absolute atomic E-state index is 0.0679. The van der Waals surface area contributed by atoms with Crippen LogP contribution in [-0.4, -0.2) is 17.7 Å². The van der Waals surface area contributed by atoms with Crippen molar-refractivity contribution in [3.05, 3.63) is 29.3 Å². The number of hydrogen-bond acceptors (Lipinski definition) is 3. The first-order valence-electron chi connectivity index (χ1n) is 6.61. The van der Waals surface area contributed by atoms with Crippen molar-refractivity contribution < 1.29 is 13.2 Å². The minimum atomic E-state index is -4.04. The van der Waals surface area contributed by atoms with Crippen molar-refractivity contribution in [2.24, 2.45) is 0 Å². The van der Waals surface area contributed by atoms with E-state index in [1.165, 1.54) is 0 Å². The Labute approximate surface area is 120 Å². The van der Waals surface area contributed by atoms with Gasteiger partial charge in [-0.1, -0.05) is 12.1 Å². The number of halogens is 3. The van der Waals surface area contributed by atoms with Gasteiger partial charge in [0.05, 0.1) is 16.3 Å². The molecule has 1 N–H and O–H groups in total. The lowest BCUT2D eigenvalue weighted by molar-refractivity contribution is -0.135. The first-order chi connectivity index (χ1) is 9.46. The van der Waals surface area contributed by atoms with E-state index in [2.05, 4.69) is 10.3 Å². The Balaban J connectivity index is 1.78. The van der Waals surface area contributed by atoms with Crippen molar-refractivity contribution in [1.29, 1.82) is 0 Å². The van der Waals surface area contributed by atoms with Gasteiger partial charge in [-0.15, -0.1) is 11.3 Å². The quantitative estimate of drug-likeness (QED) is 0.784. The molecule has 0 saturated heterocycles. The van der Waals surface area contributed by atoms with Crippen LogP contribution < -0.4 is 5.32 Å². The molecule has 1 aromatic carbocycles. The van der Waals surface area contributed by atoms with Crippen LogP contribution >= 0.6 is 11.3 Å². The number of alkyl halides is 3. The number of unbranched alkanes of at least 4 members (excludes halogenated alkanes) is 1. The van der Waals surface area contributed by atoms with E-state index in [-0.39, 0.29) is 12.5 Å². The number of fused-ring (bicyclic) bond motifs is 1. The van der Waals surface area contributed by atoms with E-state index in [4.69, 9.17) is 0 Å². The lowest BCUT2D eigenvalue weighted by atomic mass is 10.2. The second kappa shape index (κ2) is 6.54. The Morgan fingerprint density at radius 3 is 2.70 bits per heavy atom. The summed E-state index contributed by atoms with van der Waals surface area (Å²) >= 11 is 1.62. The minimum Gasteiger partial charge on any atom is -0.308 e. The first-order valence-corrected chi connectivity index (χ1v) is 7.43. The molecule has 0 spiro atoms. The summed E-state index contributed by atoms with van der Waals surface area (Å²) in [6.07, 6.45) is -4.05. The van der Waals surface area contributed by atoms with E-state index in [0.29, 0.717) is 13.0 Å². The number of nitrogens with zero attached hydrogens (tertiary/aromatic N) is 1. The summed E-state index contributed by atoms with van der Waals surface area (Å²) < 4.78 is 37.1. The molecule has 2 aromatic rings. The van der Waals surface area contributed by atoms with E-state index in [1.54, 1.807) is 11.3 Å². The molecule has 0 amide bonds. The fourth-order valence-electron chi connectivity index (χ4n) is 1.93. The second-order valence-corrected chi connectivity index (χ2v) is 5.83. The highest BCUT2D eigenvalue weighted by Crippen LogP contribution is 2.26. The van der Waals surface area contributed by atoms with Gasteiger partial charge in [0.1, 0.15) is 5.01 Å². The molecule has 1 atom stereocenters. The SMILES string of the molecule is CC(NCCCCC(F)(F)F)c1nc2ccccc2s1. The second-order valence-electron chi connectivity index (χ2n) is 4.77. The van der Waals surface area contributed by atoms with E-state index in [1.807, 2.05) is 31.2 Å². The monoisotopic (exact) mass is 302 g/mol. The Morgan fingerprint density at radius 2 is 2.00 bits per heavy atom. The molecule has 0 aliphatic rings. The summed E-state index contributed by atoms with van der Waals surface area (Å²) in [5.41, 5.74) is 0.971. The van der Waals surface area contributed by atoms with Crippen molar-refractivity contribution in [2.75, 3.05) is 6.54 Å². The molecule has 6 heteroatoms. The zero-order valence-corrected chi connectivity index (χ0v) is 12.0. The third kappa shape index (κ3) is 4.45. The molecule has 20 heavy (non-hydrogen) atoms. The van der Waals surface area contributed by atoms with Crippen LogP contribution in [0, 0.1) is 0 Å². The van der Waals surface area contributed by atoms with Gasteiger partial charge < -0.3 is 5.32 Å². The molecule has 0 saturated carbocycles. The summed E-state index contributed by atoms with van der Waals surface area (Å²) in [4.78, 5) is 4.53. The molecule has 0 aliphatic heterocycles. The average molecular weight is 302 g/mol. The largest absolute Gasteiger partial charge is 0.389 e. The highest BCUT2D eigenvalue weighted by Gasteiger charge is 2.25. The Hall–Kier alpha value is -1.14. The van der Waals surface area contributed by atoms with Gasteiger partial charge >= 0.3 is 6.18 Å². The van der Waals surface area contributed by atoms with E-state index >= 15 is 0 Å². The molecule has 1 unspecified atom stereocenters. The van der Waals surface area contributed by atoms with E-state index < -0.39 is 12.6 Å². The van der Waals surface area contributed by atoms with Crippen LogP contribution in [0.4, 0.5) is 13.2 Å². The number of rotatable bonds is 6. The smallest absolute Gasteiger partial charge is 0.308 e. The fraction of sp³-hybridized carbons (Fsp3) is 0.500. The first kappa shape index (κ1) is 15.3. The molecular weight excluding hydrogens is 285 g/mol. The van der Waals surface area contributed by atoms with Crippen molar-refractivity contribution in [1.82, 2.24) is 10.3 Å². The van der Waals surface area contributed by atoms with Gasteiger partial charge in [0, 0.05) is 6.42 Å². The number of para-hydroxylation sites is 1. The van der Waals surface area contributed by atoms with Crippen LogP contribution in [0.1, 0.15) is 37.2 Å². The number of hydrogen-bond donors (Lipinski definition) is 1. The molecule has 0 aliphatic carbocycles. The molecule has 2 nitrogen and oxygen atoms in total. The zero-order chi connectivity index (χ0) is 14.6. The maximum absolute atomic E-state index is 12.0. The topological polar surface area (TPSA) is 24.9 Å². The normalized spacial score (nSPS) is 13.8. The standard InChI is InChI=1S/C14H17F3N2S/c1-10(18-9-5-4-8-14(15,16)17)13-19-11-6-2-3-7-12(11)20-13/h2-3,6-7,10,18H,4-5,8-9H2,1H3. The fourth-order valence-corrected chi connectivity index (χ4v) is 2.93. The molecule has 1 aromatic heterocycles. The highest BCUT2D eigenvalue weighted by atomic mass is 32.1. The summed E-state index contributed by atoms with van der Waals surface area (Å²) in [6.45, 7) is 2.56. The lowest BCUT2D eigenvalue weighted by Gasteiger charge is -2.11. The van der Waals surface area contributed by atoms with E-state index in [9.17, 15) is 13.2 Å². The lowest BCUT2D eigenvalue weighted by Crippen LogP contribution is -2.20. The molecular formula is C14H17F3N2S. The van der Waals surface area contributed by atoms with Gasteiger partial charge in [0.2, 0.25) is 0 Å². The van der Waals surface area contributed by atoms with Crippen LogP contribution in [0.2, 0.25) is 0 Å². The third-order valence-corrected chi connectivity index (χ3v) is 4.24. The van der Waals surface area contributed by atoms with Gasteiger partial charge in [0.15, 0.2) is 0 Å². The number of nitrogens with one attached hydrogen (secondary N) is 1. The van der Waals surface area contributed by atoms with Crippen molar-refractivity contribution in [3.8, 4) is 0 Å². The van der Waals surface area contributed by atoms with E-state index in [0.717, 1.165) is 15.2 Å². The molecule has 1 heterocycles. The van der Waals surface area contributed by atoms with Gasteiger partial charge in [-0.3, -0.25) is 0 Å². The Bertz CT molecular complexity index is 518. The zero-order valence-electron chi connectivity index (χ0n) is 11.2. The molecule has 110 valence electrons. The maximum atomic E-state index is 12.0. The maximum Gasteiger partial charge on any atom is 0.389 e. The van der Waals surface area contributed by atoms with Crippen LogP contribution in [0.3, 0.4) is 0 Å². The van der Waals surface area contributed by atoms with Gasteiger partial charge in [-0.05, 0) is 38.4 Å². The molecule has 0 bridgehead atoms. The summed E-state index contributed by atoms with van der Waals surface area (Å²) in [7, 11) is 0. The van der Waals surface area contributed by atoms with Crippen molar-refractivity contribution >= 4 is 21.6 Å². The van der Waals surface area contributed by atoms with Crippen LogP contribution in [0.25, 0.3) is 10.2 Å². The number of thiazole rings is 1. The van der Waals surface area contributed by atoms with Crippen LogP contribution in [0.5, 0.6) is 0 Å². The average Bonchev–Trinajstić information content (AvgIpc) is 2.80. The van der Waals surface area contributed by atoms with Gasteiger partial charge in [-0.2, -0.15) is 13.2 Å². The Kier molecular flexibility index (Phi) is 4.99. The Morgan fingerprint density at radius 1 is 1.25 bits per heavy atom. The molecule has 0 radical (unpaired) electrons. The summed E-state index contributed by atoms with van der Waals surface area (Å²) in [5.74, 6) is 0.